The Bertz CT molecular complexity index is 864. The smallest absolute Gasteiger partial charge is 0.354 e. The summed E-state index contributed by atoms with van der Waals surface area (Å²) in [6.07, 6.45) is 4.12. The number of aromatic nitrogens is 4. The molecule has 4 heterocycles. The van der Waals surface area contributed by atoms with Gasteiger partial charge in [0.1, 0.15) is 5.69 Å². The minimum atomic E-state index is -4.44. The van der Waals surface area contributed by atoms with Gasteiger partial charge in [-0.1, -0.05) is 0 Å². The van der Waals surface area contributed by atoms with Gasteiger partial charge in [0.05, 0.1) is 11.9 Å². The third-order valence-corrected chi connectivity index (χ3v) is 4.16. The molecule has 5 nitrogen and oxygen atoms in total. The van der Waals surface area contributed by atoms with Crippen molar-refractivity contribution in [3.63, 3.8) is 0 Å². The Morgan fingerprint density at radius 3 is 2.42 bits per heavy atom. The van der Waals surface area contributed by atoms with Crippen molar-refractivity contribution in [3.8, 4) is 11.3 Å². The van der Waals surface area contributed by atoms with Crippen LogP contribution < -0.4 is 4.90 Å². The maximum atomic E-state index is 12.6. The first-order valence-corrected chi connectivity index (χ1v) is 7.65. The zero-order valence-corrected chi connectivity index (χ0v) is 12.7. The maximum absolute atomic E-state index is 12.6. The van der Waals surface area contributed by atoms with Crippen LogP contribution in [-0.2, 0) is 6.18 Å². The predicted molar refractivity (Wildman–Crippen MR) is 82.7 cm³/mol. The van der Waals surface area contributed by atoms with E-state index in [0.29, 0.717) is 16.9 Å². The summed E-state index contributed by atoms with van der Waals surface area (Å²) in [6.45, 7) is 1.88. The molecule has 124 valence electrons. The summed E-state index contributed by atoms with van der Waals surface area (Å²) in [4.78, 5) is 14.5. The molecule has 4 rings (SSSR count). The number of fused-ring (bicyclic) bond motifs is 1. The van der Waals surface area contributed by atoms with Gasteiger partial charge in [0.2, 0.25) is 0 Å². The first-order valence-electron chi connectivity index (χ1n) is 7.65. The molecule has 0 N–H and O–H groups in total. The second kappa shape index (κ2) is 5.47. The van der Waals surface area contributed by atoms with Gasteiger partial charge in [0.25, 0.3) is 0 Å². The third kappa shape index (κ3) is 2.47. The van der Waals surface area contributed by atoms with Gasteiger partial charge in [-0.05, 0) is 25.0 Å². The maximum Gasteiger partial charge on any atom is 0.433 e. The van der Waals surface area contributed by atoms with E-state index < -0.39 is 11.9 Å². The van der Waals surface area contributed by atoms with Crippen LogP contribution in [0.4, 0.5) is 19.0 Å². The van der Waals surface area contributed by atoms with Crippen LogP contribution in [0.5, 0.6) is 0 Å². The molecule has 0 radical (unpaired) electrons. The SMILES string of the molecule is FC(F)(F)c1ccc(-c2cnc3c(N4CCCC4)nccn23)cn1. The van der Waals surface area contributed by atoms with E-state index in [9.17, 15) is 13.2 Å². The molecule has 3 aromatic rings. The van der Waals surface area contributed by atoms with Crippen LogP contribution in [0.15, 0.2) is 36.9 Å². The van der Waals surface area contributed by atoms with Gasteiger partial charge in [-0.25, -0.2) is 9.97 Å². The lowest BCUT2D eigenvalue weighted by atomic mass is 10.2. The minimum Gasteiger partial charge on any atom is -0.354 e. The molecule has 0 aliphatic carbocycles. The van der Waals surface area contributed by atoms with Crippen LogP contribution in [0, 0.1) is 0 Å². The Balaban J connectivity index is 1.76. The molecular formula is C16H14F3N5. The summed E-state index contributed by atoms with van der Waals surface area (Å²) >= 11 is 0. The highest BCUT2D eigenvalue weighted by Crippen LogP contribution is 2.30. The average Bonchev–Trinajstić information content (AvgIpc) is 3.23. The van der Waals surface area contributed by atoms with Crippen LogP contribution in [0.2, 0.25) is 0 Å². The highest BCUT2D eigenvalue weighted by Gasteiger charge is 2.32. The fourth-order valence-corrected chi connectivity index (χ4v) is 2.98. The number of rotatable bonds is 2. The van der Waals surface area contributed by atoms with Crippen molar-refractivity contribution in [2.45, 2.75) is 19.0 Å². The highest BCUT2D eigenvalue weighted by atomic mass is 19.4. The Morgan fingerprint density at radius 2 is 1.75 bits per heavy atom. The predicted octanol–water partition coefficient (Wildman–Crippen LogP) is 3.41. The van der Waals surface area contributed by atoms with Gasteiger partial charge < -0.3 is 4.90 Å². The molecule has 1 saturated heterocycles. The molecule has 8 heteroatoms. The summed E-state index contributed by atoms with van der Waals surface area (Å²) < 4.78 is 39.8. The number of hydrogen-bond donors (Lipinski definition) is 0. The topological polar surface area (TPSA) is 46.3 Å². The van der Waals surface area contributed by atoms with Crippen molar-refractivity contribution >= 4 is 11.5 Å². The van der Waals surface area contributed by atoms with Crippen LogP contribution in [0.1, 0.15) is 18.5 Å². The van der Waals surface area contributed by atoms with E-state index in [4.69, 9.17) is 0 Å². The molecule has 0 amide bonds. The normalized spacial score (nSPS) is 15.4. The number of alkyl halides is 3. The summed E-state index contributed by atoms with van der Waals surface area (Å²) in [5, 5.41) is 0. The highest BCUT2D eigenvalue weighted by molar-refractivity contribution is 5.71. The van der Waals surface area contributed by atoms with Gasteiger partial charge in [0, 0.05) is 37.2 Å². The van der Waals surface area contributed by atoms with Crippen LogP contribution in [-0.4, -0.2) is 32.4 Å². The first-order chi connectivity index (χ1) is 11.5. The monoisotopic (exact) mass is 333 g/mol. The largest absolute Gasteiger partial charge is 0.433 e. The Kier molecular flexibility index (Phi) is 3.40. The van der Waals surface area contributed by atoms with E-state index in [1.807, 2.05) is 4.40 Å². The summed E-state index contributed by atoms with van der Waals surface area (Å²) in [7, 11) is 0. The molecule has 0 atom stereocenters. The third-order valence-electron chi connectivity index (χ3n) is 4.16. The minimum absolute atomic E-state index is 0.578. The quantitative estimate of drug-likeness (QED) is 0.721. The Morgan fingerprint density at radius 1 is 0.958 bits per heavy atom. The fourth-order valence-electron chi connectivity index (χ4n) is 2.98. The summed E-state index contributed by atoms with van der Waals surface area (Å²) in [6, 6.07) is 2.40. The zero-order valence-electron chi connectivity index (χ0n) is 12.7. The lowest BCUT2D eigenvalue weighted by Crippen LogP contribution is -2.19. The number of hydrogen-bond acceptors (Lipinski definition) is 4. The summed E-state index contributed by atoms with van der Waals surface area (Å²) in [5.41, 5.74) is 1.07. The van der Waals surface area contributed by atoms with E-state index in [-0.39, 0.29) is 0 Å². The molecule has 1 aliphatic heterocycles. The fraction of sp³-hybridized carbons (Fsp3) is 0.312. The molecule has 3 aromatic heterocycles. The first kappa shape index (κ1) is 14.9. The van der Waals surface area contributed by atoms with Gasteiger partial charge in [-0.3, -0.25) is 9.38 Å². The van der Waals surface area contributed by atoms with Gasteiger partial charge >= 0.3 is 6.18 Å². The van der Waals surface area contributed by atoms with Crippen LogP contribution in [0.3, 0.4) is 0 Å². The molecular weight excluding hydrogens is 319 g/mol. The molecule has 0 aromatic carbocycles. The lowest BCUT2D eigenvalue weighted by molar-refractivity contribution is -0.141. The number of halogens is 3. The second-order valence-electron chi connectivity index (χ2n) is 5.71. The zero-order chi connectivity index (χ0) is 16.7. The Labute approximate surface area is 135 Å². The van der Waals surface area contributed by atoms with E-state index in [1.54, 1.807) is 18.6 Å². The average molecular weight is 333 g/mol. The van der Waals surface area contributed by atoms with Crippen molar-refractivity contribution in [2.75, 3.05) is 18.0 Å². The van der Waals surface area contributed by atoms with E-state index >= 15 is 0 Å². The number of nitrogens with zero attached hydrogens (tertiary/aromatic N) is 5. The molecule has 0 spiro atoms. The molecule has 1 aliphatic rings. The van der Waals surface area contributed by atoms with Crippen LogP contribution >= 0.6 is 0 Å². The van der Waals surface area contributed by atoms with Crippen molar-refractivity contribution in [1.29, 1.82) is 0 Å². The molecule has 0 saturated carbocycles. The van der Waals surface area contributed by atoms with Crippen molar-refractivity contribution in [1.82, 2.24) is 19.4 Å². The number of imidazole rings is 1. The van der Waals surface area contributed by atoms with Gasteiger partial charge in [-0.15, -0.1) is 0 Å². The van der Waals surface area contributed by atoms with Gasteiger partial charge in [0.15, 0.2) is 11.5 Å². The standard InChI is InChI=1S/C16H14F3N5/c17-16(18,19)13-4-3-11(9-21-13)12-10-22-15-14(20-5-8-24(12)15)23-6-1-2-7-23/h3-5,8-10H,1-2,6-7H2. The Hall–Kier alpha value is -2.64. The molecule has 1 fully saturated rings. The van der Waals surface area contributed by atoms with Crippen molar-refractivity contribution < 1.29 is 13.2 Å². The van der Waals surface area contributed by atoms with Crippen LogP contribution in [0.25, 0.3) is 16.9 Å². The summed E-state index contributed by atoms with van der Waals surface area (Å²) in [5.74, 6) is 0.807. The van der Waals surface area contributed by atoms with E-state index in [2.05, 4.69) is 19.9 Å². The van der Waals surface area contributed by atoms with Crippen molar-refractivity contribution in [3.05, 3.63) is 42.6 Å². The second-order valence-corrected chi connectivity index (χ2v) is 5.71. The molecule has 0 unspecified atom stereocenters. The van der Waals surface area contributed by atoms with Gasteiger partial charge in [-0.2, -0.15) is 13.2 Å². The number of pyridine rings is 1. The lowest BCUT2D eigenvalue weighted by Gasteiger charge is -2.16. The van der Waals surface area contributed by atoms with E-state index in [0.717, 1.165) is 37.8 Å². The molecule has 24 heavy (non-hydrogen) atoms. The molecule has 0 bridgehead atoms. The van der Waals surface area contributed by atoms with Crippen molar-refractivity contribution in [2.24, 2.45) is 0 Å². The number of anilines is 1. The van der Waals surface area contributed by atoms with E-state index in [1.165, 1.54) is 12.3 Å².